The fraction of sp³-hybridized carbons (Fsp3) is 0.455. The topological polar surface area (TPSA) is 0 Å². The highest BCUT2D eigenvalue weighted by Crippen LogP contribution is 2.28. The van der Waals surface area contributed by atoms with Gasteiger partial charge in [0.05, 0.1) is 0 Å². The Morgan fingerprint density at radius 2 is 1.77 bits per heavy atom. The molecular weight excluding hydrogens is 292 g/mol. The smallest absolute Gasteiger partial charge is 0.0218 e. The summed E-state index contributed by atoms with van der Waals surface area (Å²) >= 11 is 7.02. The van der Waals surface area contributed by atoms with Crippen molar-refractivity contribution < 1.29 is 0 Å². The third-order valence-electron chi connectivity index (χ3n) is 1.74. The van der Waals surface area contributed by atoms with Crippen molar-refractivity contribution in [2.45, 2.75) is 27.2 Å². The third-order valence-corrected chi connectivity index (χ3v) is 2.97. The third kappa shape index (κ3) is 3.82. The summed E-state index contributed by atoms with van der Waals surface area (Å²) in [6, 6.07) is 6.35. The van der Waals surface area contributed by atoms with E-state index < -0.39 is 0 Å². The average molecular weight is 306 g/mol. The van der Waals surface area contributed by atoms with Gasteiger partial charge in [-0.2, -0.15) is 0 Å². The van der Waals surface area contributed by atoms with E-state index in [1.807, 2.05) is 0 Å². The minimum absolute atomic E-state index is 0.344. The van der Waals surface area contributed by atoms with Gasteiger partial charge in [-0.3, -0.25) is 0 Å². The summed E-state index contributed by atoms with van der Waals surface area (Å²) in [4.78, 5) is 0. The van der Waals surface area contributed by atoms with Gasteiger partial charge >= 0.3 is 0 Å². The zero-order valence-corrected chi connectivity index (χ0v) is 11.4. The summed E-state index contributed by atoms with van der Waals surface area (Å²) in [5.74, 6) is 0. The molecule has 0 amide bonds. The molecule has 72 valence electrons. The molecule has 0 N–H and O–H groups in total. The van der Waals surface area contributed by atoms with Gasteiger partial charge in [-0.05, 0) is 29.5 Å². The normalized spacial score (nSPS) is 11.8. The lowest BCUT2D eigenvalue weighted by Gasteiger charge is -2.19. The van der Waals surface area contributed by atoms with Crippen LogP contribution in [-0.4, -0.2) is 0 Å². The highest BCUT2D eigenvalue weighted by Gasteiger charge is 2.13. The molecule has 1 rings (SSSR count). The summed E-state index contributed by atoms with van der Waals surface area (Å²) < 4.78 is 2.31. The lowest BCUT2D eigenvalue weighted by atomic mass is 9.88. The van der Waals surface area contributed by atoms with Crippen LogP contribution in [0, 0.1) is 5.41 Å². The molecule has 0 nitrogen and oxygen atoms in total. The SMILES string of the molecule is CC(C)(C)Cc1ccc(Br)cc1Br. The summed E-state index contributed by atoms with van der Waals surface area (Å²) in [5.41, 5.74) is 1.71. The standard InChI is InChI=1S/C11H14Br2/c1-11(2,3)7-8-4-5-9(12)6-10(8)13/h4-6H,7H2,1-3H3. The molecule has 0 aliphatic rings. The van der Waals surface area contributed by atoms with Gasteiger partial charge in [0.15, 0.2) is 0 Å². The maximum Gasteiger partial charge on any atom is 0.0218 e. The molecular formula is C11H14Br2. The van der Waals surface area contributed by atoms with Crippen LogP contribution in [0.1, 0.15) is 26.3 Å². The molecule has 0 aromatic heterocycles. The predicted octanol–water partition coefficient (Wildman–Crippen LogP) is 4.80. The van der Waals surface area contributed by atoms with Crippen LogP contribution in [0.3, 0.4) is 0 Å². The van der Waals surface area contributed by atoms with Crippen LogP contribution in [-0.2, 0) is 6.42 Å². The fourth-order valence-corrected chi connectivity index (χ4v) is 2.42. The van der Waals surface area contributed by atoms with E-state index in [0.717, 1.165) is 10.9 Å². The Hall–Kier alpha value is 0.180. The Kier molecular flexibility index (Phi) is 3.58. The van der Waals surface area contributed by atoms with E-state index in [9.17, 15) is 0 Å². The molecule has 0 radical (unpaired) electrons. The second-order valence-corrected chi connectivity index (χ2v) is 6.24. The number of hydrogen-bond donors (Lipinski definition) is 0. The molecule has 0 atom stereocenters. The van der Waals surface area contributed by atoms with E-state index in [-0.39, 0.29) is 0 Å². The monoisotopic (exact) mass is 304 g/mol. The Morgan fingerprint density at radius 3 is 2.23 bits per heavy atom. The highest BCUT2D eigenvalue weighted by molar-refractivity contribution is 9.11. The van der Waals surface area contributed by atoms with Crippen molar-refractivity contribution in [2.24, 2.45) is 5.41 Å². The van der Waals surface area contributed by atoms with Crippen LogP contribution in [0.2, 0.25) is 0 Å². The quantitative estimate of drug-likeness (QED) is 0.699. The number of benzene rings is 1. The lowest BCUT2D eigenvalue weighted by Crippen LogP contribution is -2.09. The van der Waals surface area contributed by atoms with E-state index >= 15 is 0 Å². The zero-order chi connectivity index (χ0) is 10.1. The first kappa shape index (κ1) is 11.3. The molecule has 2 heteroatoms. The van der Waals surface area contributed by atoms with Crippen LogP contribution >= 0.6 is 31.9 Å². The van der Waals surface area contributed by atoms with Crippen molar-refractivity contribution in [1.82, 2.24) is 0 Å². The van der Waals surface area contributed by atoms with Gasteiger partial charge < -0.3 is 0 Å². The van der Waals surface area contributed by atoms with Crippen molar-refractivity contribution >= 4 is 31.9 Å². The van der Waals surface area contributed by atoms with Gasteiger partial charge in [0.2, 0.25) is 0 Å². The Balaban J connectivity index is 2.90. The number of rotatable bonds is 1. The van der Waals surface area contributed by atoms with Crippen molar-refractivity contribution in [1.29, 1.82) is 0 Å². The highest BCUT2D eigenvalue weighted by atomic mass is 79.9. The predicted molar refractivity (Wildman–Crippen MR) is 65.0 cm³/mol. The van der Waals surface area contributed by atoms with Crippen molar-refractivity contribution in [2.75, 3.05) is 0 Å². The maximum absolute atomic E-state index is 3.57. The Labute approximate surface area is 97.0 Å². The van der Waals surface area contributed by atoms with E-state index in [0.29, 0.717) is 5.41 Å². The van der Waals surface area contributed by atoms with Crippen LogP contribution < -0.4 is 0 Å². The first-order valence-electron chi connectivity index (χ1n) is 4.32. The minimum Gasteiger partial charge on any atom is -0.0599 e. The van der Waals surface area contributed by atoms with Crippen molar-refractivity contribution in [3.63, 3.8) is 0 Å². The van der Waals surface area contributed by atoms with Gasteiger partial charge in [0.25, 0.3) is 0 Å². The summed E-state index contributed by atoms with van der Waals surface area (Å²) in [7, 11) is 0. The van der Waals surface area contributed by atoms with Gasteiger partial charge in [-0.1, -0.05) is 58.7 Å². The van der Waals surface area contributed by atoms with Crippen LogP contribution in [0.5, 0.6) is 0 Å². The molecule has 0 unspecified atom stereocenters. The molecule has 0 spiro atoms. The van der Waals surface area contributed by atoms with Crippen LogP contribution in [0.4, 0.5) is 0 Å². The Bertz CT molecular complexity index is 297. The molecule has 1 aromatic carbocycles. The number of halogens is 2. The summed E-state index contributed by atoms with van der Waals surface area (Å²) in [6.45, 7) is 6.75. The molecule has 0 fully saturated rings. The zero-order valence-electron chi connectivity index (χ0n) is 8.20. The van der Waals surface area contributed by atoms with Crippen molar-refractivity contribution in [3.8, 4) is 0 Å². The lowest BCUT2D eigenvalue weighted by molar-refractivity contribution is 0.410. The van der Waals surface area contributed by atoms with E-state index in [4.69, 9.17) is 0 Å². The minimum atomic E-state index is 0.344. The maximum atomic E-state index is 3.57. The van der Waals surface area contributed by atoms with Gasteiger partial charge in [0.1, 0.15) is 0 Å². The van der Waals surface area contributed by atoms with Gasteiger partial charge in [-0.15, -0.1) is 0 Å². The summed E-state index contributed by atoms with van der Waals surface area (Å²) in [5, 5.41) is 0. The molecule has 0 aliphatic heterocycles. The van der Waals surface area contributed by atoms with Crippen LogP contribution in [0.15, 0.2) is 27.1 Å². The fourth-order valence-electron chi connectivity index (χ4n) is 1.24. The molecule has 0 bridgehead atoms. The second-order valence-electron chi connectivity index (χ2n) is 4.47. The van der Waals surface area contributed by atoms with Gasteiger partial charge in [-0.25, -0.2) is 0 Å². The first-order chi connectivity index (χ1) is 5.88. The molecule has 1 aromatic rings. The average Bonchev–Trinajstić information content (AvgIpc) is 1.93. The Morgan fingerprint density at radius 1 is 1.15 bits per heavy atom. The summed E-state index contributed by atoms with van der Waals surface area (Å²) in [6.07, 6.45) is 1.10. The molecule has 0 aliphatic carbocycles. The number of hydrogen-bond acceptors (Lipinski definition) is 0. The second kappa shape index (κ2) is 4.14. The van der Waals surface area contributed by atoms with Crippen LogP contribution in [0.25, 0.3) is 0 Å². The van der Waals surface area contributed by atoms with E-state index in [1.54, 1.807) is 0 Å². The first-order valence-corrected chi connectivity index (χ1v) is 5.91. The van der Waals surface area contributed by atoms with E-state index in [1.165, 1.54) is 10.0 Å². The van der Waals surface area contributed by atoms with E-state index in [2.05, 4.69) is 70.8 Å². The molecule has 13 heavy (non-hydrogen) atoms. The van der Waals surface area contributed by atoms with Crippen molar-refractivity contribution in [3.05, 3.63) is 32.7 Å². The molecule has 0 heterocycles. The largest absolute Gasteiger partial charge is 0.0599 e. The van der Waals surface area contributed by atoms with Gasteiger partial charge in [0, 0.05) is 8.95 Å². The molecule has 0 saturated carbocycles. The molecule has 0 saturated heterocycles.